The molecule has 2 aromatic heterocycles. The summed E-state index contributed by atoms with van der Waals surface area (Å²) in [7, 11) is 0. The van der Waals surface area contributed by atoms with Crippen molar-refractivity contribution < 1.29 is 22.5 Å². The molecule has 0 aliphatic carbocycles. The molecule has 1 saturated heterocycles. The first-order valence-corrected chi connectivity index (χ1v) is 12.3. The molecule has 0 radical (unpaired) electrons. The summed E-state index contributed by atoms with van der Waals surface area (Å²) >= 11 is 5.94. The van der Waals surface area contributed by atoms with E-state index in [1.807, 2.05) is 11.8 Å². The highest BCUT2D eigenvalue weighted by Crippen LogP contribution is 2.37. The topological polar surface area (TPSA) is 75.4 Å². The van der Waals surface area contributed by atoms with Crippen molar-refractivity contribution in [3.63, 3.8) is 0 Å². The van der Waals surface area contributed by atoms with Crippen LogP contribution < -0.4 is 4.90 Å². The Morgan fingerprint density at radius 2 is 1.78 bits per heavy atom. The van der Waals surface area contributed by atoms with E-state index in [1.165, 1.54) is 6.07 Å². The molecule has 2 aromatic carbocycles. The van der Waals surface area contributed by atoms with Crippen LogP contribution in [0.1, 0.15) is 35.1 Å². The molecule has 0 saturated carbocycles. The molecule has 0 bridgehead atoms. The number of carbonyl (C=O) groups is 1. The lowest BCUT2D eigenvalue weighted by atomic mass is 10.1. The van der Waals surface area contributed by atoms with Gasteiger partial charge in [0.2, 0.25) is 0 Å². The molecule has 5 rings (SSSR count). The van der Waals surface area contributed by atoms with Gasteiger partial charge in [-0.05, 0) is 42.8 Å². The number of fused-ring (bicyclic) bond motifs is 1. The predicted molar refractivity (Wildman–Crippen MR) is 134 cm³/mol. The van der Waals surface area contributed by atoms with E-state index in [9.17, 15) is 18.0 Å². The molecular weight excluding hydrogens is 507 g/mol. The molecule has 4 aromatic rings. The molecular formula is C26H23ClF3N5O2. The fraction of sp³-hybridized carbons (Fsp3) is 0.308. The molecule has 0 spiro atoms. The van der Waals surface area contributed by atoms with Crippen molar-refractivity contribution in [3.05, 3.63) is 70.5 Å². The van der Waals surface area contributed by atoms with Crippen LogP contribution in [-0.4, -0.2) is 52.1 Å². The fourth-order valence-electron chi connectivity index (χ4n) is 4.38. The van der Waals surface area contributed by atoms with Gasteiger partial charge in [0.05, 0.1) is 5.56 Å². The van der Waals surface area contributed by atoms with Gasteiger partial charge < -0.3 is 14.3 Å². The lowest BCUT2D eigenvalue weighted by Crippen LogP contribution is -2.49. The van der Waals surface area contributed by atoms with Crippen molar-refractivity contribution >= 4 is 34.4 Å². The number of piperazine rings is 1. The van der Waals surface area contributed by atoms with Crippen molar-refractivity contribution in [2.75, 3.05) is 31.1 Å². The summed E-state index contributed by atoms with van der Waals surface area (Å²) in [5.41, 5.74) is 0.511. The van der Waals surface area contributed by atoms with E-state index < -0.39 is 11.7 Å². The van der Waals surface area contributed by atoms with Gasteiger partial charge in [-0.2, -0.15) is 18.2 Å². The maximum absolute atomic E-state index is 13.4. The molecule has 3 heterocycles. The number of hydrogen-bond donors (Lipinski definition) is 0. The molecule has 7 nitrogen and oxygen atoms in total. The third-order valence-corrected chi connectivity index (χ3v) is 6.51. The Morgan fingerprint density at radius 3 is 2.46 bits per heavy atom. The van der Waals surface area contributed by atoms with Crippen molar-refractivity contribution in [1.29, 1.82) is 0 Å². The number of amides is 1. The third kappa shape index (κ3) is 5.11. The first kappa shape index (κ1) is 25.0. The zero-order valence-electron chi connectivity index (χ0n) is 19.9. The molecule has 0 unspecified atom stereocenters. The van der Waals surface area contributed by atoms with Gasteiger partial charge in [0, 0.05) is 48.7 Å². The van der Waals surface area contributed by atoms with E-state index in [0.717, 1.165) is 18.6 Å². The Morgan fingerprint density at radius 1 is 1.05 bits per heavy atom. The van der Waals surface area contributed by atoms with E-state index in [4.69, 9.17) is 21.1 Å². The second kappa shape index (κ2) is 10.0. The highest BCUT2D eigenvalue weighted by Gasteiger charge is 2.32. The van der Waals surface area contributed by atoms with E-state index in [0.29, 0.717) is 60.2 Å². The molecule has 1 fully saturated rings. The third-order valence-electron chi connectivity index (χ3n) is 6.26. The minimum absolute atomic E-state index is 0.0922. The van der Waals surface area contributed by atoms with Gasteiger partial charge in [0.25, 0.3) is 11.6 Å². The number of nitrogens with zero attached hydrogens (tertiary/aromatic N) is 5. The molecule has 1 aliphatic heterocycles. The summed E-state index contributed by atoms with van der Waals surface area (Å²) in [6.07, 6.45) is -3.07. The number of halogens is 4. The van der Waals surface area contributed by atoms with Gasteiger partial charge in [0.15, 0.2) is 0 Å². The van der Waals surface area contributed by atoms with E-state index in [2.05, 4.69) is 10.1 Å². The molecule has 37 heavy (non-hydrogen) atoms. The molecule has 192 valence electrons. The normalized spacial score (nSPS) is 14.4. The number of carbonyl (C=O) groups excluding carboxylic acids is 1. The summed E-state index contributed by atoms with van der Waals surface area (Å²) in [6.45, 7) is 3.84. The number of rotatable bonds is 5. The van der Waals surface area contributed by atoms with E-state index >= 15 is 0 Å². The van der Waals surface area contributed by atoms with Crippen LogP contribution in [0.25, 0.3) is 22.4 Å². The second-order valence-electron chi connectivity index (χ2n) is 8.79. The average molecular weight is 530 g/mol. The number of aromatic nitrogens is 3. The molecule has 11 heteroatoms. The van der Waals surface area contributed by atoms with Crippen molar-refractivity contribution in [1.82, 2.24) is 20.0 Å². The van der Waals surface area contributed by atoms with Gasteiger partial charge in [0.1, 0.15) is 22.7 Å². The minimum atomic E-state index is -4.49. The molecule has 1 amide bonds. The Hall–Kier alpha value is -3.66. The lowest BCUT2D eigenvalue weighted by Gasteiger charge is -2.35. The molecule has 0 atom stereocenters. The second-order valence-corrected chi connectivity index (χ2v) is 9.23. The van der Waals surface area contributed by atoms with Gasteiger partial charge in [-0.1, -0.05) is 35.8 Å². The van der Waals surface area contributed by atoms with Gasteiger partial charge in [-0.25, -0.2) is 4.98 Å². The highest BCUT2D eigenvalue weighted by molar-refractivity contribution is 6.30. The fourth-order valence-corrected chi connectivity index (χ4v) is 4.51. The summed E-state index contributed by atoms with van der Waals surface area (Å²) in [5.74, 6) is 1.02. The summed E-state index contributed by atoms with van der Waals surface area (Å²) in [4.78, 5) is 25.9. The minimum Gasteiger partial charge on any atom is -0.352 e. The zero-order chi connectivity index (χ0) is 26.2. The number of benzene rings is 2. The van der Waals surface area contributed by atoms with E-state index in [1.54, 1.807) is 35.2 Å². The Labute approximate surface area is 215 Å². The standard InChI is InChI=1S/C26H23ClF3N5O2/c1-2-4-20-31-23(34-11-13-35(14-12-34)25(36)16-7-9-19(27)10-8-16)21-22(33-37-24(21)32-20)17-5-3-6-18(15-17)26(28,29)30/h3,5-10,15H,2,4,11-14H2,1H3. The Bertz CT molecular complexity index is 1430. The smallest absolute Gasteiger partial charge is 0.352 e. The van der Waals surface area contributed by atoms with Crippen LogP contribution in [0.3, 0.4) is 0 Å². The molecule has 1 aliphatic rings. The average Bonchev–Trinajstić information content (AvgIpc) is 3.32. The van der Waals surface area contributed by atoms with Crippen LogP contribution in [0.4, 0.5) is 19.0 Å². The maximum Gasteiger partial charge on any atom is 0.416 e. The molecule has 0 N–H and O–H groups in total. The van der Waals surface area contributed by atoms with Gasteiger partial charge in [-0.3, -0.25) is 4.79 Å². The summed E-state index contributed by atoms with van der Waals surface area (Å²) in [6, 6.07) is 11.7. The van der Waals surface area contributed by atoms with Crippen LogP contribution in [0, 0.1) is 0 Å². The van der Waals surface area contributed by atoms with Crippen LogP contribution in [0.2, 0.25) is 5.02 Å². The Kier molecular flexibility index (Phi) is 6.76. The monoisotopic (exact) mass is 529 g/mol. The van der Waals surface area contributed by atoms with Crippen LogP contribution in [0.15, 0.2) is 53.1 Å². The zero-order valence-corrected chi connectivity index (χ0v) is 20.7. The first-order chi connectivity index (χ1) is 17.7. The van der Waals surface area contributed by atoms with Gasteiger partial charge in [-0.15, -0.1) is 0 Å². The number of anilines is 1. The predicted octanol–water partition coefficient (Wildman–Crippen LogP) is 5.87. The number of aryl methyl sites for hydroxylation is 1. The van der Waals surface area contributed by atoms with E-state index in [-0.39, 0.29) is 22.9 Å². The quantitative estimate of drug-likeness (QED) is 0.322. The van der Waals surface area contributed by atoms with Crippen LogP contribution >= 0.6 is 11.6 Å². The largest absolute Gasteiger partial charge is 0.416 e. The number of alkyl halides is 3. The number of hydrogen-bond acceptors (Lipinski definition) is 6. The van der Waals surface area contributed by atoms with Crippen LogP contribution in [-0.2, 0) is 12.6 Å². The maximum atomic E-state index is 13.4. The summed E-state index contributed by atoms with van der Waals surface area (Å²) in [5, 5.41) is 5.10. The van der Waals surface area contributed by atoms with Crippen molar-refractivity contribution in [2.24, 2.45) is 0 Å². The SMILES string of the molecule is CCCc1nc(N2CCN(C(=O)c3ccc(Cl)cc3)CC2)c2c(-c3cccc(C(F)(F)F)c3)noc2n1. The summed E-state index contributed by atoms with van der Waals surface area (Å²) < 4.78 is 45.6. The van der Waals surface area contributed by atoms with Crippen molar-refractivity contribution in [3.8, 4) is 11.3 Å². The highest BCUT2D eigenvalue weighted by atomic mass is 35.5. The van der Waals surface area contributed by atoms with Crippen molar-refractivity contribution in [2.45, 2.75) is 25.9 Å². The lowest BCUT2D eigenvalue weighted by molar-refractivity contribution is -0.137. The van der Waals surface area contributed by atoms with Gasteiger partial charge >= 0.3 is 6.18 Å². The van der Waals surface area contributed by atoms with Crippen LogP contribution in [0.5, 0.6) is 0 Å². The Balaban J connectivity index is 1.48. The first-order valence-electron chi connectivity index (χ1n) is 11.9.